The van der Waals surface area contributed by atoms with Crippen LogP contribution in [0.5, 0.6) is 0 Å². The molecule has 195 valence electrons. The molecule has 0 aliphatic carbocycles. The maximum absolute atomic E-state index is 8.60. The summed E-state index contributed by atoms with van der Waals surface area (Å²) in [6, 6.07) is 0. The summed E-state index contributed by atoms with van der Waals surface area (Å²) in [5.41, 5.74) is 0. The van der Waals surface area contributed by atoms with Gasteiger partial charge in [-0.25, -0.2) is 0 Å². The van der Waals surface area contributed by atoms with E-state index in [0.29, 0.717) is 0 Å². The number of hydrogen-bond acceptors (Lipinski definition) is 12. The molecule has 1 heterocycles. The van der Waals surface area contributed by atoms with Crippen molar-refractivity contribution < 1.29 is 74.8 Å². The number of nitrogens with zero attached hydrogens (tertiary/aromatic N) is 4. The first-order valence-electron chi connectivity index (χ1n) is 9.58. The van der Waals surface area contributed by atoms with Crippen molar-refractivity contribution >= 4 is 0 Å². The molecule has 1 aliphatic rings. The van der Waals surface area contributed by atoms with E-state index in [9.17, 15) is 0 Å². The van der Waals surface area contributed by atoms with Crippen molar-refractivity contribution in [1.29, 1.82) is 0 Å². The molecule has 0 amide bonds. The molecule has 0 bridgehead atoms. The zero-order chi connectivity index (χ0) is 23.8. The molecule has 0 unspecified atom stereocenters. The van der Waals surface area contributed by atoms with Crippen LogP contribution in [0.15, 0.2) is 0 Å². The third-order valence-electron chi connectivity index (χ3n) is 4.32. The molecule has 1 radical (unpaired) electrons. The summed E-state index contributed by atoms with van der Waals surface area (Å²) in [7, 11) is -0.341. The summed E-state index contributed by atoms with van der Waals surface area (Å²) >= 11 is 0. The molecular weight excluding hydrogens is 511 g/mol. The minimum atomic E-state index is -4.69. The number of rotatable bonds is 0. The molecule has 0 aromatic heterocycles. The van der Waals surface area contributed by atoms with Gasteiger partial charge in [-0.15, -0.1) is 0 Å². The third-order valence-corrected chi connectivity index (χ3v) is 4.32. The van der Waals surface area contributed by atoms with Gasteiger partial charge in [0.25, 0.3) is 0 Å². The second-order valence-electron chi connectivity index (χ2n) is 7.42. The smallest absolute Gasteiger partial charge is 0.0777 e. The van der Waals surface area contributed by atoms with Crippen LogP contribution in [0, 0.1) is 20.5 Å². The first-order chi connectivity index (χ1) is 13.6. The number of halogens is 2. The molecule has 1 fully saturated rings. The fourth-order valence-electron chi connectivity index (χ4n) is 2.89. The SMILES string of the molecule is CN1CCCN(C)CCCN(C)CCCN(C)CCC1.[Cu].[O-][Cl+3]([O-])([O-])O.[O-][Cl+3]([O-])([O-])O. The zero-order valence-corrected chi connectivity index (χ0v) is 21.1. The van der Waals surface area contributed by atoms with Crippen molar-refractivity contribution in [3.63, 3.8) is 0 Å². The predicted octanol–water partition coefficient (Wildman–Crippen LogP) is -6.96. The summed E-state index contributed by atoms with van der Waals surface area (Å²) < 4.78 is 65.4. The molecular formula is C16H38Cl2CuN4O8. The van der Waals surface area contributed by atoms with Gasteiger partial charge in [-0.2, -0.15) is 28.0 Å². The normalized spacial score (nSPS) is 20.5. The summed E-state index contributed by atoms with van der Waals surface area (Å²) in [5, 5.41) is 0. The van der Waals surface area contributed by atoms with E-state index >= 15 is 0 Å². The number of hydrogen-bond donors (Lipinski definition) is 2. The van der Waals surface area contributed by atoms with Gasteiger partial charge in [0.1, 0.15) is 0 Å². The summed E-state index contributed by atoms with van der Waals surface area (Å²) in [6.45, 7) is 9.84. The first kappa shape index (κ1) is 36.2. The molecule has 0 spiro atoms. The molecule has 2 N–H and O–H groups in total. The van der Waals surface area contributed by atoms with Crippen LogP contribution in [0.2, 0.25) is 0 Å². The van der Waals surface area contributed by atoms with Crippen LogP contribution in [0.4, 0.5) is 0 Å². The van der Waals surface area contributed by atoms with E-state index in [4.69, 9.17) is 37.3 Å². The Bertz CT molecular complexity index is 321. The van der Waals surface area contributed by atoms with Crippen molar-refractivity contribution in [3.05, 3.63) is 0 Å². The van der Waals surface area contributed by atoms with Crippen LogP contribution in [-0.2, 0) is 17.1 Å². The van der Waals surface area contributed by atoms with Crippen LogP contribution >= 0.6 is 0 Å². The minimum absolute atomic E-state index is 0. The predicted molar refractivity (Wildman–Crippen MR) is 92.9 cm³/mol. The van der Waals surface area contributed by atoms with Crippen molar-refractivity contribution in [2.75, 3.05) is 80.5 Å². The van der Waals surface area contributed by atoms with Crippen molar-refractivity contribution in [2.45, 2.75) is 25.7 Å². The van der Waals surface area contributed by atoms with Gasteiger partial charge in [0.15, 0.2) is 0 Å². The Balaban J connectivity index is -0.000000595. The Morgan fingerprint density at radius 1 is 0.452 bits per heavy atom. The van der Waals surface area contributed by atoms with Gasteiger partial charge in [0.05, 0.1) is 29.8 Å². The summed E-state index contributed by atoms with van der Waals surface area (Å²) in [5.74, 6) is 0. The van der Waals surface area contributed by atoms with E-state index in [2.05, 4.69) is 47.8 Å². The van der Waals surface area contributed by atoms with E-state index in [1.807, 2.05) is 0 Å². The Kier molecular flexibility index (Phi) is 23.4. The van der Waals surface area contributed by atoms with E-state index in [-0.39, 0.29) is 17.1 Å². The van der Waals surface area contributed by atoms with Crippen LogP contribution in [0.1, 0.15) is 25.7 Å². The molecule has 0 saturated carbocycles. The molecule has 15 heteroatoms. The van der Waals surface area contributed by atoms with Crippen molar-refractivity contribution in [3.8, 4) is 0 Å². The van der Waals surface area contributed by atoms with Crippen LogP contribution in [0.3, 0.4) is 0 Å². The van der Waals surface area contributed by atoms with Crippen LogP contribution in [0.25, 0.3) is 0 Å². The molecule has 12 nitrogen and oxygen atoms in total. The molecule has 1 aliphatic heterocycles. The maximum atomic E-state index is 8.60. The molecule has 1 saturated heterocycles. The van der Waals surface area contributed by atoms with E-state index < -0.39 is 20.5 Å². The van der Waals surface area contributed by atoms with E-state index in [1.165, 1.54) is 78.0 Å². The monoisotopic (exact) mass is 547 g/mol. The standard InChI is InChI=1S/C16H36N4.2ClHO4.Cu/c1-17-9-5-11-18(2)13-7-15-20(4)16-8-14-19(3)12-6-10-17;2*2-1(3,4)5;/h5-16H2,1-4H3;2*(H,2,3,4,5);. The largest absolute Gasteiger partial charge is 0.306 e. The fraction of sp³-hybridized carbons (Fsp3) is 1.00. The average Bonchev–Trinajstić information content (AvgIpc) is 2.51. The summed E-state index contributed by atoms with van der Waals surface area (Å²) in [4.78, 5) is 9.95. The van der Waals surface area contributed by atoms with Gasteiger partial charge in [-0.1, -0.05) is 0 Å². The van der Waals surface area contributed by atoms with E-state index in [0.717, 1.165) is 0 Å². The van der Waals surface area contributed by atoms with Crippen LogP contribution in [-0.4, -0.2) is 109 Å². The van der Waals surface area contributed by atoms with Gasteiger partial charge in [0.2, 0.25) is 0 Å². The topological polar surface area (TPSA) is 192 Å². The molecule has 31 heavy (non-hydrogen) atoms. The maximum Gasteiger partial charge on any atom is 0.0777 e. The quantitative estimate of drug-likeness (QED) is 0.272. The molecule has 0 aromatic rings. The van der Waals surface area contributed by atoms with Crippen molar-refractivity contribution in [2.24, 2.45) is 0 Å². The van der Waals surface area contributed by atoms with Gasteiger partial charge in [-0.3, -0.25) is 0 Å². The van der Waals surface area contributed by atoms with Gasteiger partial charge in [-0.05, 0) is 106 Å². The van der Waals surface area contributed by atoms with E-state index in [1.54, 1.807) is 0 Å². The molecule has 1 rings (SSSR count). The summed E-state index contributed by atoms with van der Waals surface area (Å²) in [6.07, 6.45) is 5.16. The average molecular weight is 549 g/mol. The Morgan fingerprint density at radius 3 is 0.645 bits per heavy atom. The second-order valence-corrected chi connectivity index (χ2v) is 9.00. The fourth-order valence-corrected chi connectivity index (χ4v) is 2.89. The Labute approximate surface area is 200 Å². The van der Waals surface area contributed by atoms with Gasteiger partial charge < -0.3 is 19.6 Å². The van der Waals surface area contributed by atoms with Gasteiger partial charge in [0, 0.05) is 17.1 Å². The molecule has 0 atom stereocenters. The zero-order valence-electron chi connectivity index (χ0n) is 18.7. The van der Waals surface area contributed by atoms with Gasteiger partial charge >= 0.3 is 0 Å². The Morgan fingerprint density at radius 2 is 0.548 bits per heavy atom. The second kappa shape index (κ2) is 20.0. The Hall–Kier alpha value is 0.619. The minimum Gasteiger partial charge on any atom is -0.306 e. The van der Waals surface area contributed by atoms with Crippen molar-refractivity contribution in [1.82, 2.24) is 19.6 Å². The first-order valence-corrected chi connectivity index (χ1v) is 12.1. The molecule has 0 aromatic carbocycles. The third kappa shape index (κ3) is 41.4. The van der Waals surface area contributed by atoms with Crippen LogP contribution < -0.4 is 28.0 Å².